The number of nitrogens with one attached hydrogen (secondary N) is 2. The summed E-state index contributed by atoms with van der Waals surface area (Å²) in [4.78, 5) is 16.6. The molecule has 0 bridgehead atoms. The Morgan fingerprint density at radius 3 is 2.38 bits per heavy atom. The third kappa shape index (κ3) is 7.21. The Bertz CT molecular complexity index is 1150. The fourth-order valence-corrected chi connectivity index (χ4v) is 5.01. The van der Waals surface area contributed by atoms with Crippen LogP contribution in [0.2, 0.25) is 0 Å². The average molecular weight is 511 g/mol. The van der Waals surface area contributed by atoms with Crippen LogP contribution in [0.1, 0.15) is 63.1 Å². The quantitative estimate of drug-likeness (QED) is 0.455. The Balaban J connectivity index is 1.87. The molecule has 6 nitrogen and oxygen atoms in total. The Morgan fingerprint density at radius 1 is 1.16 bits per heavy atom. The fraction of sp³-hybridized carbons (Fsp3) is 0.483. The normalized spacial score (nSPS) is 19.6. The maximum atomic E-state index is 13.7. The minimum absolute atomic E-state index is 0.0112. The monoisotopic (exact) mass is 510 g/mol. The maximum Gasteiger partial charge on any atom is 0.225 e. The lowest BCUT2D eigenvalue weighted by Crippen LogP contribution is -2.51. The van der Waals surface area contributed by atoms with Gasteiger partial charge in [-0.25, -0.2) is 8.78 Å². The molecule has 2 atom stereocenters. The summed E-state index contributed by atoms with van der Waals surface area (Å²) in [5.74, 6) is -2.77. The van der Waals surface area contributed by atoms with Gasteiger partial charge in [0.1, 0.15) is 11.6 Å². The molecule has 37 heavy (non-hydrogen) atoms. The molecular formula is C29H36F2N4O2. The molecule has 0 aliphatic heterocycles. The van der Waals surface area contributed by atoms with Crippen molar-refractivity contribution in [3.8, 4) is 6.19 Å². The SMILES string of the molecule is CNC(=O)C(Cc1cc(F)cc(F)c1)C(O)CNC1(c2cccc(C(C)(C)C)c2)CCC(=NC#N)CC1. The second-order valence-electron chi connectivity index (χ2n) is 10.8. The van der Waals surface area contributed by atoms with Crippen LogP contribution in [0.4, 0.5) is 8.78 Å². The lowest BCUT2D eigenvalue weighted by molar-refractivity contribution is -0.128. The zero-order valence-electron chi connectivity index (χ0n) is 21.9. The molecule has 0 radical (unpaired) electrons. The van der Waals surface area contributed by atoms with Gasteiger partial charge in [0.2, 0.25) is 12.1 Å². The number of nitriles is 1. The van der Waals surface area contributed by atoms with Gasteiger partial charge in [-0.3, -0.25) is 4.79 Å². The van der Waals surface area contributed by atoms with Crippen LogP contribution in [0.15, 0.2) is 47.5 Å². The predicted molar refractivity (Wildman–Crippen MR) is 140 cm³/mol. The highest BCUT2D eigenvalue weighted by Gasteiger charge is 2.38. The van der Waals surface area contributed by atoms with Gasteiger partial charge in [0.05, 0.1) is 12.0 Å². The molecule has 1 fully saturated rings. The van der Waals surface area contributed by atoms with E-state index < -0.39 is 35.1 Å². The van der Waals surface area contributed by atoms with Crippen molar-refractivity contribution < 1.29 is 18.7 Å². The van der Waals surface area contributed by atoms with Crippen LogP contribution in [-0.4, -0.2) is 36.4 Å². The largest absolute Gasteiger partial charge is 0.391 e. The van der Waals surface area contributed by atoms with Gasteiger partial charge in [-0.1, -0.05) is 45.0 Å². The van der Waals surface area contributed by atoms with Crippen LogP contribution in [0, 0.1) is 29.0 Å². The first-order chi connectivity index (χ1) is 17.5. The highest BCUT2D eigenvalue weighted by atomic mass is 19.1. The van der Waals surface area contributed by atoms with Gasteiger partial charge in [-0.05, 0) is 66.3 Å². The molecule has 3 rings (SSSR count). The van der Waals surface area contributed by atoms with Gasteiger partial charge < -0.3 is 15.7 Å². The van der Waals surface area contributed by atoms with Gasteiger partial charge >= 0.3 is 0 Å². The standard InChI is InChI=1S/C29H36F2N4O2/c1-28(2,3)20-6-5-7-21(15-20)29(10-8-24(9-11-29)34-18-32)35-17-26(36)25(27(37)33-4)14-19-12-22(30)16-23(31)13-19/h5-7,12-13,15-16,25-26,35-36H,8-11,14,17H2,1-4H3,(H,33,37). The molecule has 1 saturated carbocycles. The van der Waals surface area contributed by atoms with E-state index >= 15 is 0 Å². The van der Waals surface area contributed by atoms with E-state index in [2.05, 4.69) is 54.6 Å². The van der Waals surface area contributed by atoms with Gasteiger partial charge in [-0.15, -0.1) is 0 Å². The van der Waals surface area contributed by atoms with Crippen LogP contribution in [0.25, 0.3) is 0 Å². The molecule has 8 heteroatoms. The molecule has 0 spiro atoms. The summed E-state index contributed by atoms with van der Waals surface area (Å²) in [6, 6.07) is 11.5. The van der Waals surface area contributed by atoms with Crippen LogP contribution in [0.5, 0.6) is 0 Å². The first-order valence-electron chi connectivity index (χ1n) is 12.6. The number of carbonyl (C=O) groups excluding carboxylic acids is 1. The molecule has 0 saturated heterocycles. The second-order valence-corrected chi connectivity index (χ2v) is 10.8. The molecule has 2 aromatic rings. The van der Waals surface area contributed by atoms with Crippen molar-refractivity contribution in [3.05, 3.63) is 70.8 Å². The van der Waals surface area contributed by atoms with Gasteiger partial charge in [-0.2, -0.15) is 10.3 Å². The van der Waals surface area contributed by atoms with Gasteiger partial charge in [0, 0.05) is 30.9 Å². The number of aliphatic hydroxyl groups is 1. The number of benzene rings is 2. The van der Waals surface area contributed by atoms with Crippen molar-refractivity contribution in [1.82, 2.24) is 10.6 Å². The molecule has 0 heterocycles. The Labute approximate surface area is 217 Å². The van der Waals surface area contributed by atoms with Gasteiger partial charge in [0.15, 0.2) is 0 Å². The summed E-state index contributed by atoms with van der Waals surface area (Å²) in [5.41, 5.74) is 2.86. The molecule has 2 aromatic carbocycles. The minimum atomic E-state index is -1.11. The van der Waals surface area contributed by atoms with Crippen LogP contribution < -0.4 is 10.6 Å². The number of hydrogen-bond donors (Lipinski definition) is 3. The second kappa shape index (κ2) is 11.9. The topological polar surface area (TPSA) is 97.5 Å². The number of hydrogen-bond acceptors (Lipinski definition) is 5. The van der Waals surface area contributed by atoms with Crippen molar-refractivity contribution in [2.24, 2.45) is 10.9 Å². The average Bonchev–Trinajstić information content (AvgIpc) is 2.85. The van der Waals surface area contributed by atoms with E-state index in [0.717, 1.165) is 17.3 Å². The summed E-state index contributed by atoms with van der Waals surface area (Å²) < 4.78 is 27.5. The number of nitrogens with zero attached hydrogens (tertiary/aromatic N) is 2. The summed E-state index contributed by atoms with van der Waals surface area (Å²) >= 11 is 0. The summed E-state index contributed by atoms with van der Waals surface area (Å²) in [6.07, 6.45) is 3.38. The van der Waals surface area contributed by atoms with Gasteiger partial charge in [0.25, 0.3) is 0 Å². The molecule has 2 unspecified atom stereocenters. The number of carbonyl (C=O) groups is 1. The number of rotatable bonds is 8. The first-order valence-corrected chi connectivity index (χ1v) is 12.6. The molecule has 1 aliphatic rings. The fourth-order valence-electron chi connectivity index (χ4n) is 5.01. The summed E-state index contributed by atoms with van der Waals surface area (Å²) in [7, 11) is 1.47. The first kappa shape index (κ1) is 28.4. The summed E-state index contributed by atoms with van der Waals surface area (Å²) in [5, 5.41) is 26.2. The van der Waals surface area contributed by atoms with Crippen molar-refractivity contribution in [2.75, 3.05) is 13.6 Å². The van der Waals surface area contributed by atoms with Crippen LogP contribution in [-0.2, 0) is 22.2 Å². The molecule has 0 aromatic heterocycles. The van der Waals surface area contributed by atoms with E-state index in [4.69, 9.17) is 5.26 Å². The number of halogens is 2. The highest BCUT2D eigenvalue weighted by Crippen LogP contribution is 2.38. The van der Waals surface area contributed by atoms with Crippen molar-refractivity contribution >= 4 is 11.6 Å². The molecule has 3 N–H and O–H groups in total. The van der Waals surface area contributed by atoms with Crippen molar-refractivity contribution in [1.29, 1.82) is 5.26 Å². The van der Waals surface area contributed by atoms with E-state index in [1.165, 1.54) is 24.7 Å². The van der Waals surface area contributed by atoms with Crippen LogP contribution >= 0.6 is 0 Å². The maximum absolute atomic E-state index is 13.7. The van der Waals surface area contributed by atoms with E-state index in [0.29, 0.717) is 31.2 Å². The third-order valence-electron chi connectivity index (χ3n) is 7.25. The minimum Gasteiger partial charge on any atom is -0.391 e. The lowest BCUT2D eigenvalue weighted by atomic mass is 9.74. The number of aliphatic hydroxyl groups excluding tert-OH is 1. The van der Waals surface area contributed by atoms with E-state index in [9.17, 15) is 18.7 Å². The van der Waals surface area contributed by atoms with Crippen molar-refractivity contribution in [2.45, 2.75) is 69.9 Å². The van der Waals surface area contributed by atoms with Crippen LogP contribution in [0.3, 0.4) is 0 Å². The van der Waals surface area contributed by atoms with E-state index in [1.54, 1.807) is 0 Å². The zero-order chi connectivity index (χ0) is 27.2. The Morgan fingerprint density at radius 2 is 1.81 bits per heavy atom. The molecular weight excluding hydrogens is 474 g/mol. The molecule has 198 valence electrons. The zero-order valence-corrected chi connectivity index (χ0v) is 21.9. The van der Waals surface area contributed by atoms with E-state index in [-0.39, 0.29) is 18.4 Å². The Kier molecular flexibility index (Phi) is 9.16. The van der Waals surface area contributed by atoms with Crippen molar-refractivity contribution in [3.63, 3.8) is 0 Å². The highest BCUT2D eigenvalue weighted by molar-refractivity contribution is 5.86. The number of aliphatic imine (C=N–C) groups is 1. The third-order valence-corrected chi connectivity index (χ3v) is 7.25. The molecule has 1 aliphatic carbocycles. The smallest absolute Gasteiger partial charge is 0.225 e. The van der Waals surface area contributed by atoms with E-state index in [1.807, 2.05) is 12.3 Å². The lowest BCUT2D eigenvalue weighted by Gasteiger charge is -2.41. The summed E-state index contributed by atoms with van der Waals surface area (Å²) in [6.45, 7) is 6.55. The predicted octanol–water partition coefficient (Wildman–Crippen LogP) is 4.51. The molecule has 1 amide bonds. The Hall–Kier alpha value is -3.15. The number of amides is 1.